The molecular formula is C12H14F3NOS. The first kappa shape index (κ1) is 13.7. The van der Waals surface area contributed by atoms with Crippen molar-refractivity contribution >= 4 is 11.8 Å². The van der Waals surface area contributed by atoms with Gasteiger partial charge < -0.3 is 4.74 Å². The Morgan fingerprint density at radius 1 is 1.44 bits per heavy atom. The quantitative estimate of drug-likeness (QED) is 0.791. The molecule has 0 N–H and O–H groups in total. The van der Waals surface area contributed by atoms with Gasteiger partial charge in [-0.05, 0) is 31.2 Å². The lowest BCUT2D eigenvalue weighted by molar-refractivity contribution is -0.139. The maximum atomic E-state index is 13.0. The first-order valence-corrected chi connectivity index (χ1v) is 6.83. The third-order valence-corrected chi connectivity index (χ3v) is 3.73. The average Bonchev–Trinajstić information content (AvgIpc) is 2.23. The van der Waals surface area contributed by atoms with Gasteiger partial charge in [-0.15, -0.1) is 11.8 Å². The van der Waals surface area contributed by atoms with Crippen LogP contribution < -0.4 is 0 Å². The number of aromatic nitrogens is 1. The van der Waals surface area contributed by atoms with Crippen LogP contribution in [0.5, 0.6) is 0 Å². The molecule has 2 nitrogen and oxygen atoms in total. The summed E-state index contributed by atoms with van der Waals surface area (Å²) in [5.74, 6) is 0.163. The summed E-state index contributed by atoms with van der Waals surface area (Å²) >= 11 is 1.37. The first-order chi connectivity index (χ1) is 8.41. The topological polar surface area (TPSA) is 22.1 Å². The van der Waals surface area contributed by atoms with Crippen LogP contribution in [0, 0.1) is 12.8 Å². The molecule has 0 aliphatic carbocycles. The van der Waals surface area contributed by atoms with Gasteiger partial charge in [0.05, 0.1) is 29.5 Å². The zero-order valence-corrected chi connectivity index (χ0v) is 11.0. The highest BCUT2D eigenvalue weighted by atomic mass is 32.2. The Morgan fingerprint density at radius 3 is 2.56 bits per heavy atom. The number of ether oxygens (including phenoxy) is 1. The Balaban J connectivity index is 2.38. The van der Waals surface area contributed by atoms with Crippen LogP contribution in [-0.2, 0) is 17.3 Å². The minimum Gasteiger partial charge on any atom is -0.381 e. The molecule has 100 valence electrons. The van der Waals surface area contributed by atoms with E-state index in [0.29, 0.717) is 30.2 Å². The fourth-order valence-electron chi connectivity index (χ4n) is 1.92. The van der Waals surface area contributed by atoms with E-state index >= 15 is 0 Å². The van der Waals surface area contributed by atoms with Gasteiger partial charge in [0, 0.05) is 5.92 Å². The second-order valence-electron chi connectivity index (χ2n) is 4.41. The Morgan fingerprint density at radius 2 is 2.11 bits per heavy atom. The zero-order chi connectivity index (χ0) is 13.3. The summed E-state index contributed by atoms with van der Waals surface area (Å²) in [6, 6.07) is 1.20. The number of rotatable bonds is 3. The third kappa shape index (κ3) is 2.80. The van der Waals surface area contributed by atoms with E-state index in [9.17, 15) is 13.2 Å². The van der Waals surface area contributed by atoms with Crippen LogP contribution in [0.2, 0.25) is 0 Å². The van der Waals surface area contributed by atoms with Gasteiger partial charge in [0.25, 0.3) is 0 Å². The van der Waals surface area contributed by atoms with Gasteiger partial charge in [0.2, 0.25) is 0 Å². The molecule has 0 amide bonds. The zero-order valence-electron chi connectivity index (χ0n) is 10.2. The monoisotopic (exact) mass is 277 g/mol. The molecule has 1 aliphatic heterocycles. The molecule has 1 aliphatic rings. The largest absolute Gasteiger partial charge is 0.418 e. The summed E-state index contributed by atoms with van der Waals surface area (Å²) in [5.41, 5.74) is 0.110. The maximum Gasteiger partial charge on any atom is 0.418 e. The van der Waals surface area contributed by atoms with Crippen molar-refractivity contribution in [2.45, 2.75) is 24.5 Å². The molecule has 1 saturated heterocycles. The van der Waals surface area contributed by atoms with Crippen LogP contribution >= 0.6 is 11.8 Å². The highest BCUT2D eigenvalue weighted by molar-refractivity contribution is 7.98. The average molecular weight is 277 g/mol. The Labute approximate surface area is 108 Å². The van der Waals surface area contributed by atoms with Crippen molar-refractivity contribution < 1.29 is 17.9 Å². The summed E-state index contributed by atoms with van der Waals surface area (Å²) in [5, 5.41) is 0.665. The van der Waals surface area contributed by atoms with E-state index in [2.05, 4.69) is 4.98 Å². The summed E-state index contributed by atoms with van der Waals surface area (Å²) in [7, 11) is 0. The van der Waals surface area contributed by atoms with Crippen LogP contribution in [0.15, 0.2) is 11.1 Å². The maximum absolute atomic E-state index is 13.0. The van der Waals surface area contributed by atoms with Gasteiger partial charge in [-0.25, -0.2) is 4.98 Å². The van der Waals surface area contributed by atoms with Crippen molar-refractivity contribution in [3.05, 3.63) is 22.9 Å². The van der Waals surface area contributed by atoms with Crippen LogP contribution in [0.25, 0.3) is 0 Å². The smallest absolute Gasteiger partial charge is 0.381 e. The highest BCUT2D eigenvalue weighted by Gasteiger charge is 2.36. The Kier molecular flexibility index (Phi) is 3.87. The fourth-order valence-corrected chi connectivity index (χ4v) is 2.50. The number of hydrogen-bond acceptors (Lipinski definition) is 3. The van der Waals surface area contributed by atoms with Crippen LogP contribution in [-0.4, -0.2) is 24.5 Å². The van der Waals surface area contributed by atoms with Gasteiger partial charge in [-0.1, -0.05) is 0 Å². The number of halogens is 3. The number of thioether (sulfide) groups is 1. The molecular weight excluding hydrogens is 263 g/mol. The van der Waals surface area contributed by atoms with Crippen LogP contribution in [0.3, 0.4) is 0 Å². The molecule has 2 rings (SSSR count). The van der Waals surface area contributed by atoms with Crippen molar-refractivity contribution in [3.8, 4) is 0 Å². The van der Waals surface area contributed by atoms with Gasteiger partial charge in [-0.2, -0.15) is 13.2 Å². The molecule has 2 heterocycles. The lowest BCUT2D eigenvalue weighted by Gasteiger charge is -2.27. The van der Waals surface area contributed by atoms with Crippen molar-refractivity contribution in [2.24, 2.45) is 5.92 Å². The molecule has 1 aromatic heterocycles. The SMILES string of the molecule is CSc1nc(CC2COC2)c(C(F)(F)F)cc1C. The van der Waals surface area contributed by atoms with E-state index in [-0.39, 0.29) is 11.6 Å². The molecule has 0 spiro atoms. The number of aryl methyl sites for hydroxylation is 1. The van der Waals surface area contributed by atoms with E-state index in [1.807, 2.05) is 6.26 Å². The number of pyridine rings is 1. The van der Waals surface area contributed by atoms with Crippen molar-refractivity contribution in [3.63, 3.8) is 0 Å². The van der Waals surface area contributed by atoms with Crippen molar-refractivity contribution in [2.75, 3.05) is 19.5 Å². The van der Waals surface area contributed by atoms with E-state index < -0.39 is 11.7 Å². The predicted octanol–water partition coefficient (Wildman–Crippen LogP) is 3.32. The second kappa shape index (κ2) is 5.09. The van der Waals surface area contributed by atoms with Crippen LogP contribution in [0.1, 0.15) is 16.8 Å². The fraction of sp³-hybridized carbons (Fsp3) is 0.583. The molecule has 0 bridgehead atoms. The number of nitrogens with zero attached hydrogens (tertiary/aromatic N) is 1. The molecule has 0 unspecified atom stereocenters. The van der Waals surface area contributed by atoms with E-state index in [1.165, 1.54) is 17.8 Å². The molecule has 6 heteroatoms. The first-order valence-electron chi connectivity index (χ1n) is 5.61. The highest BCUT2D eigenvalue weighted by Crippen LogP contribution is 2.35. The van der Waals surface area contributed by atoms with E-state index in [1.54, 1.807) is 6.92 Å². The van der Waals surface area contributed by atoms with Gasteiger partial charge in [-0.3, -0.25) is 0 Å². The standard InChI is InChI=1S/C12H14F3NOS/c1-7-3-9(12(13,14)15)10(16-11(7)18-2)4-8-5-17-6-8/h3,8H,4-6H2,1-2H3. The van der Waals surface area contributed by atoms with Gasteiger partial charge in [0.1, 0.15) is 0 Å². The summed E-state index contributed by atoms with van der Waals surface area (Å²) < 4.78 is 43.9. The van der Waals surface area contributed by atoms with Crippen LogP contribution in [0.4, 0.5) is 13.2 Å². The summed E-state index contributed by atoms with van der Waals surface area (Å²) in [6.07, 6.45) is -2.18. The normalized spacial score (nSPS) is 16.7. The number of alkyl halides is 3. The molecule has 18 heavy (non-hydrogen) atoms. The summed E-state index contributed by atoms with van der Waals surface area (Å²) in [4.78, 5) is 4.17. The Bertz CT molecular complexity index is 444. The van der Waals surface area contributed by atoms with Gasteiger partial charge in [0.15, 0.2) is 0 Å². The predicted molar refractivity (Wildman–Crippen MR) is 63.8 cm³/mol. The minimum atomic E-state index is -4.34. The van der Waals surface area contributed by atoms with Crippen molar-refractivity contribution in [1.29, 1.82) is 0 Å². The van der Waals surface area contributed by atoms with E-state index in [4.69, 9.17) is 4.74 Å². The number of hydrogen-bond donors (Lipinski definition) is 0. The Hall–Kier alpha value is -0.750. The molecule has 1 fully saturated rings. The third-order valence-electron chi connectivity index (χ3n) is 2.93. The summed E-state index contributed by atoms with van der Waals surface area (Å²) in [6.45, 7) is 2.72. The lowest BCUT2D eigenvalue weighted by Crippen LogP contribution is -2.30. The second-order valence-corrected chi connectivity index (χ2v) is 5.21. The van der Waals surface area contributed by atoms with Gasteiger partial charge >= 0.3 is 6.18 Å². The molecule has 0 atom stereocenters. The minimum absolute atomic E-state index is 0.144. The molecule has 0 aromatic carbocycles. The lowest BCUT2D eigenvalue weighted by atomic mass is 9.97. The molecule has 0 saturated carbocycles. The molecule has 0 radical (unpaired) electrons. The molecule has 1 aromatic rings. The van der Waals surface area contributed by atoms with Crippen molar-refractivity contribution in [1.82, 2.24) is 4.98 Å². The van der Waals surface area contributed by atoms with E-state index in [0.717, 1.165) is 0 Å².